The maximum Gasteiger partial charge on any atom is 0.216 e. The van der Waals surface area contributed by atoms with Gasteiger partial charge in [-0.1, -0.05) is 34.1 Å². The maximum absolute atomic E-state index is 5.41. The van der Waals surface area contributed by atoms with E-state index >= 15 is 0 Å². The minimum Gasteiger partial charge on any atom is -0.493 e. The van der Waals surface area contributed by atoms with Crippen LogP contribution in [0.25, 0.3) is 11.4 Å². The van der Waals surface area contributed by atoms with Gasteiger partial charge in [-0.25, -0.2) is 5.10 Å². The summed E-state index contributed by atoms with van der Waals surface area (Å²) in [4.78, 5) is 0. The maximum atomic E-state index is 5.41. The highest BCUT2D eigenvalue weighted by Crippen LogP contribution is 2.40. The number of aromatic nitrogens is 3. The molecule has 7 nitrogen and oxygen atoms in total. The molecule has 1 N–H and O–H groups in total. The first-order valence-electron chi connectivity index (χ1n) is 7.85. The van der Waals surface area contributed by atoms with Gasteiger partial charge in [-0.3, -0.25) is 0 Å². The Kier molecular flexibility index (Phi) is 5.92. The van der Waals surface area contributed by atoms with Crippen LogP contribution in [0.5, 0.6) is 17.2 Å². The fraction of sp³-hybridized carbons (Fsp3) is 0.167. The van der Waals surface area contributed by atoms with Gasteiger partial charge in [-0.05, 0) is 30.4 Å². The predicted molar refractivity (Wildman–Crippen MR) is 110 cm³/mol. The Balaban J connectivity index is 2.10. The molecule has 2 aromatic carbocycles. The Morgan fingerprint density at radius 1 is 1.11 bits per heavy atom. The second kappa shape index (κ2) is 8.36. The van der Waals surface area contributed by atoms with Crippen LogP contribution in [0.2, 0.25) is 0 Å². The van der Waals surface area contributed by atoms with E-state index in [-0.39, 0.29) is 0 Å². The number of nitrogens with zero attached hydrogens (tertiary/aromatic N) is 3. The summed E-state index contributed by atoms with van der Waals surface area (Å²) in [5.74, 6) is 2.05. The highest BCUT2D eigenvalue weighted by molar-refractivity contribution is 9.10. The molecule has 0 saturated carbocycles. The molecule has 0 amide bonds. The third-order valence-electron chi connectivity index (χ3n) is 3.79. The second-order valence-electron chi connectivity index (χ2n) is 5.34. The summed E-state index contributed by atoms with van der Waals surface area (Å²) >= 11 is 8.82. The first-order chi connectivity index (χ1) is 13.1. The van der Waals surface area contributed by atoms with Crippen LogP contribution in [0.4, 0.5) is 0 Å². The standard InChI is InChI=1S/C18H17BrN4O3S/c1-24-14-8-12(9-15(25-2)16(14)26-3)17-21-22-18(27)23(17)20-10-11-6-4-5-7-13(11)19/h4-10H,1-3H3,(H,22,27)/b20-10+. The molecular formula is C18H17BrN4O3S. The zero-order chi connectivity index (χ0) is 19.4. The molecule has 0 unspecified atom stereocenters. The highest BCUT2D eigenvalue weighted by atomic mass is 79.9. The van der Waals surface area contributed by atoms with E-state index in [4.69, 9.17) is 26.4 Å². The predicted octanol–water partition coefficient (Wildman–Crippen LogP) is 4.28. The van der Waals surface area contributed by atoms with Crippen molar-refractivity contribution < 1.29 is 14.2 Å². The van der Waals surface area contributed by atoms with E-state index in [1.54, 1.807) is 39.7 Å². The number of H-pyrrole nitrogens is 1. The number of benzene rings is 2. The van der Waals surface area contributed by atoms with Crippen molar-refractivity contribution in [2.24, 2.45) is 5.10 Å². The van der Waals surface area contributed by atoms with Crippen LogP contribution in [-0.4, -0.2) is 42.4 Å². The van der Waals surface area contributed by atoms with E-state index in [9.17, 15) is 0 Å². The normalized spacial score (nSPS) is 11.0. The van der Waals surface area contributed by atoms with Gasteiger partial charge in [0.05, 0.1) is 27.5 Å². The van der Waals surface area contributed by atoms with Crippen LogP contribution >= 0.6 is 28.1 Å². The summed E-state index contributed by atoms with van der Waals surface area (Å²) in [5, 5.41) is 11.5. The summed E-state index contributed by atoms with van der Waals surface area (Å²) in [6, 6.07) is 11.3. The molecule has 27 heavy (non-hydrogen) atoms. The SMILES string of the molecule is COc1cc(-c2n[nH]c(=S)n2/N=C/c2ccccc2Br)cc(OC)c1OC. The van der Waals surface area contributed by atoms with Crippen molar-refractivity contribution in [3.63, 3.8) is 0 Å². The zero-order valence-electron chi connectivity index (χ0n) is 14.9. The van der Waals surface area contributed by atoms with Crippen molar-refractivity contribution in [3.05, 3.63) is 51.2 Å². The van der Waals surface area contributed by atoms with Crippen molar-refractivity contribution in [2.45, 2.75) is 0 Å². The topological polar surface area (TPSA) is 73.7 Å². The molecule has 0 spiro atoms. The number of aromatic amines is 1. The van der Waals surface area contributed by atoms with Crippen molar-refractivity contribution in [3.8, 4) is 28.6 Å². The molecule has 0 radical (unpaired) electrons. The van der Waals surface area contributed by atoms with Gasteiger partial charge < -0.3 is 14.2 Å². The number of hydrogen-bond donors (Lipinski definition) is 1. The fourth-order valence-electron chi connectivity index (χ4n) is 2.50. The van der Waals surface area contributed by atoms with Crippen molar-refractivity contribution in [1.82, 2.24) is 14.9 Å². The molecule has 0 fully saturated rings. The van der Waals surface area contributed by atoms with Gasteiger partial charge in [-0.15, -0.1) is 0 Å². The smallest absolute Gasteiger partial charge is 0.216 e. The third-order valence-corrected chi connectivity index (χ3v) is 4.78. The minimum atomic E-state index is 0.363. The number of halogens is 1. The van der Waals surface area contributed by atoms with E-state index < -0.39 is 0 Å². The van der Waals surface area contributed by atoms with E-state index in [1.807, 2.05) is 24.3 Å². The van der Waals surface area contributed by atoms with Gasteiger partial charge in [0.2, 0.25) is 10.5 Å². The van der Waals surface area contributed by atoms with Gasteiger partial charge in [0, 0.05) is 15.6 Å². The minimum absolute atomic E-state index is 0.363. The molecule has 140 valence electrons. The molecule has 0 saturated heterocycles. The van der Waals surface area contributed by atoms with Gasteiger partial charge in [0.15, 0.2) is 17.3 Å². The molecule has 0 aliphatic rings. The summed E-state index contributed by atoms with van der Waals surface area (Å²) < 4.78 is 19.0. The van der Waals surface area contributed by atoms with E-state index in [0.717, 1.165) is 10.0 Å². The number of methoxy groups -OCH3 is 3. The molecular weight excluding hydrogens is 432 g/mol. The largest absolute Gasteiger partial charge is 0.493 e. The monoisotopic (exact) mass is 448 g/mol. The average molecular weight is 449 g/mol. The molecule has 9 heteroatoms. The van der Waals surface area contributed by atoms with Crippen molar-refractivity contribution in [2.75, 3.05) is 21.3 Å². The molecule has 3 rings (SSSR count). The Bertz CT molecular complexity index is 1020. The van der Waals surface area contributed by atoms with E-state index in [0.29, 0.717) is 33.4 Å². The Morgan fingerprint density at radius 2 is 1.78 bits per heavy atom. The number of nitrogens with one attached hydrogen (secondary N) is 1. The van der Waals surface area contributed by atoms with Gasteiger partial charge >= 0.3 is 0 Å². The first-order valence-corrected chi connectivity index (χ1v) is 9.05. The van der Waals surface area contributed by atoms with E-state index in [1.165, 1.54) is 4.68 Å². The van der Waals surface area contributed by atoms with Crippen LogP contribution < -0.4 is 14.2 Å². The number of ether oxygens (including phenoxy) is 3. The molecule has 3 aromatic rings. The lowest BCUT2D eigenvalue weighted by atomic mass is 10.1. The number of hydrogen-bond acceptors (Lipinski definition) is 6. The molecule has 1 aromatic heterocycles. The van der Waals surface area contributed by atoms with Crippen LogP contribution in [0.1, 0.15) is 5.56 Å². The lowest BCUT2D eigenvalue weighted by Gasteiger charge is -2.13. The van der Waals surface area contributed by atoms with Gasteiger partial charge in [0.25, 0.3) is 0 Å². The Labute approximate surface area is 169 Å². The summed E-state index contributed by atoms with van der Waals surface area (Å²) in [7, 11) is 4.67. The van der Waals surface area contributed by atoms with Gasteiger partial charge in [-0.2, -0.15) is 14.9 Å². The Hall–Kier alpha value is -2.65. The van der Waals surface area contributed by atoms with E-state index in [2.05, 4.69) is 31.2 Å². The van der Waals surface area contributed by atoms with Crippen LogP contribution in [-0.2, 0) is 0 Å². The molecule has 0 atom stereocenters. The fourth-order valence-corrected chi connectivity index (χ4v) is 3.06. The molecule has 0 aliphatic heterocycles. The Morgan fingerprint density at radius 3 is 2.37 bits per heavy atom. The first kappa shape index (κ1) is 19.1. The summed E-state index contributed by atoms with van der Waals surface area (Å²) in [5.41, 5.74) is 1.62. The molecule has 1 heterocycles. The quantitative estimate of drug-likeness (QED) is 0.449. The number of rotatable bonds is 6. The summed E-state index contributed by atoms with van der Waals surface area (Å²) in [6.45, 7) is 0. The lowest BCUT2D eigenvalue weighted by Crippen LogP contribution is -1.99. The average Bonchev–Trinajstić information content (AvgIpc) is 3.06. The lowest BCUT2D eigenvalue weighted by molar-refractivity contribution is 0.324. The van der Waals surface area contributed by atoms with Crippen molar-refractivity contribution in [1.29, 1.82) is 0 Å². The molecule has 0 aliphatic carbocycles. The van der Waals surface area contributed by atoms with Crippen LogP contribution in [0, 0.1) is 4.77 Å². The summed E-state index contributed by atoms with van der Waals surface area (Å²) in [6.07, 6.45) is 1.71. The molecule has 0 bridgehead atoms. The van der Waals surface area contributed by atoms with Crippen LogP contribution in [0.3, 0.4) is 0 Å². The zero-order valence-corrected chi connectivity index (χ0v) is 17.3. The van der Waals surface area contributed by atoms with Crippen molar-refractivity contribution >= 4 is 34.4 Å². The van der Waals surface area contributed by atoms with Gasteiger partial charge in [0.1, 0.15) is 0 Å². The highest BCUT2D eigenvalue weighted by Gasteiger charge is 2.17. The second-order valence-corrected chi connectivity index (χ2v) is 6.59. The van der Waals surface area contributed by atoms with Crippen LogP contribution in [0.15, 0.2) is 46.0 Å². The third kappa shape index (κ3) is 3.88.